The molecule has 7 heteroatoms. The fourth-order valence-electron chi connectivity index (χ4n) is 6.86. The van der Waals surface area contributed by atoms with Gasteiger partial charge in [-0.15, -0.1) is 0 Å². The molecule has 0 bridgehead atoms. The van der Waals surface area contributed by atoms with Crippen molar-refractivity contribution in [3.05, 3.63) is 29.6 Å². The van der Waals surface area contributed by atoms with Gasteiger partial charge in [0.05, 0.1) is 19.8 Å². The Morgan fingerprint density at radius 1 is 1.16 bits per heavy atom. The molecule has 32 heavy (non-hydrogen) atoms. The Hall–Kier alpha value is -1.86. The number of carbonyl (C=O) groups excluding carboxylic acids is 1. The fourth-order valence-corrected chi connectivity index (χ4v) is 6.86. The minimum Gasteiger partial charge on any atom is -0.492 e. The number of nitrogens with zero attached hydrogens (tertiary/aromatic N) is 2. The van der Waals surface area contributed by atoms with Crippen LogP contribution in [0.25, 0.3) is 0 Å². The monoisotopic (exact) mass is 444 g/mol. The Balaban J connectivity index is 1.10. The van der Waals surface area contributed by atoms with Crippen LogP contribution >= 0.6 is 0 Å². The first-order valence-electron chi connectivity index (χ1n) is 12.3. The molecule has 6 nitrogen and oxygen atoms in total. The zero-order chi connectivity index (χ0) is 21.7. The summed E-state index contributed by atoms with van der Waals surface area (Å²) in [6.07, 6.45) is 7.05. The Bertz CT molecular complexity index is 865. The van der Waals surface area contributed by atoms with Gasteiger partial charge in [-0.1, -0.05) is 0 Å². The van der Waals surface area contributed by atoms with Crippen LogP contribution in [0.4, 0.5) is 9.18 Å². The van der Waals surface area contributed by atoms with Gasteiger partial charge in [-0.05, 0) is 75.7 Å². The maximum absolute atomic E-state index is 13.9. The van der Waals surface area contributed by atoms with E-state index in [4.69, 9.17) is 14.2 Å². The molecule has 1 aliphatic carbocycles. The summed E-state index contributed by atoms with van der Waals surface area (Å²) in [5, 5.41) is 0. The van der Waals surface area contributed by atoms with Crippen molar-refractivity contribution in [2.75, 3.05) is 39.5 Å². The summed E-state index contributed by atoms with van der Waals surface area (Å²) >= 11 is 0. The molecule has 1 saturated carbocycles. The highest BCUT2D eigenvalue weighted by atomic mass is 19.1. The molecule has 3 saturated heterocycles. The number of carbonyl (C=O) groups is 1. The van der Waals surface area contributed by atoms with Gasteiger partial charge in [0.25, 0.3) is 0 Å². The zero-order valence-electron chi connectivity index (χ0n) is 18.6. The van der Waals surface area contributed by atoms with Crippen LogP contribution in [0.2, 0.25) is 0 Å². The number of hydrogen-bond donors (Lipinski definition) is 0. The third kappa shape index (κ3) is 3.58. The van der Waals surface area contributed by atoms with Crippen molar-refractivity contribution in [2.45, 2.75) is 68.5 Å². The first-order valence-corrected chi connectivity index (χ1v) is 12.3. The SMILES string of the molecule is O=C(O[C@@H]1CCOC1)N1CCCC2CC(N3CCC4(CC3)COc3ccc(F)cc34)CC21. The molecule has 4 heterocycles. The quantitative estimate of drug-likeness (QED) is 0.696. The van der Waals surface area contributed by atoms with E-state index < -0.39 is 0 Å². The Kier molecular flexibility index (Phi) is 5.29. The summed E-state index contributed by atoms with van der Waals surface area (Å²) in [5.41, 5.74) is 1.01. The van der Waals surface area contributed by atoms with Crippen LogP contribution in [0.5, 0.6) is 5.75 Å². The number of halogens is 1. The van der Waals surface area contributed by atoms with Crippen LogP contribution in [-0.2, 0) is 14.9 Å². The van der Waals surface area contributed by atoms with Gasteiger partial charge in [0.2, 0.25) is 0 Å². The normalized spacial score (nSPS) is 33.7. The van der Waals surface area contributed by atoms with Gasteiger partial charge in [0, 0.05) is 36.0 Å². The molecule has 174 valence electrons. The lowest BCUT2D eigenvalue weighted by atomic mass is 9.74. The van der Waals surface area contributed by atoms with Gasteiger partial charge < -0.3 is 24.0 Å². The van der Waals surface area contributed by atoms with Crippen molar-refractivity contribution in [1.82, 2.24) is 9.80 Å². The van der Waals surface area contributed by atoms with Gasteiger partial charge >= 0.3 is 6.09 Å². The minimum absolute atomic E-state index is 0.0432. The Labute approximate surface area is 189 Å². The van der Waals surface area contributed by atoms with Crippen LogP contribution < -0.4 is 4.74 Å². The van der Waals surface area contributed by atoms with Crippen molar-refractivity contribution in [3.8, 4) is 5.75 Å². The lowest BCUT2D eigenvalue weighted by Crippen LogP contribution is -2.49. The van der Waals surface area contributed by atoms with Gasteiger partial charge in [-0.3, -0.25) is 0 Å². The van der Waals surface area contributed by atoms with E-state index in [2.05, 4.69) is 4.90 Å². The van der Waals surface area contributed by atoms with E-state index in [0.29, 0.717) is 37.8 Å². The number of piperidine rings is 2. The number of benzene rings is 1. The van der Waals surface area contributed by atoms with E-state index >= 15 is 0 Å². The third-order valence-corrected chi connectivity index (χ3v) is 8.69. The number of ether oxygens (including phenoxy) is 3. The second-order valence-corrected chi connectivity index (χ2v) is 10.4. The first-order chi connectivity index (χ1) is 15.6. The Morgan fingerprint density at radius 3 is 2.84 bits per heavy atom. The largest absolute Gasteiger partial charge is 0.492 e. The van der Waals surface area contributed by atoms with Crippen molar-refractivity contribution < 1.29 is 23.4 Å². The van der Waals surface area contributed by atoms with Crippen LogP contribution in [0.3, 0.4) is 0 Å². The van der Waals surface area contributed by atoms with Crippen molar-refractivity contribution in [1.29, 1.82) is 0 Å². The minimum atomic E-state index is -0.174. The van der Waals surface area contributed by atoms with E-state index in [0.717, 1.165) is 69.5 Å². The van der Waals surface area contributed by atoms with Gasteiger partial charge in [0.15, 0.2) is 0 Å². The number of likely N-dealkylation sites (tertiary alicyclic amines) is 2. The molecule has 6 rings (SSSR count). The molecule has 0 N–H and O–H groups in total. The van der Waals surface area contributed by atoms with Gasteiger partial charge in [0.1, 0.15) is 17.7 Å². The maximum Gasteiger partial charge on any atom is 0.410 e. The number of amides is 1. The van der Waals surface area contributed by atoms with Crippen molar-refractivity contribution >= 4 is 6.09 Å². The fraction of sp³-hybridized carbons (Fsp3) is 0.720. The topological polar surface area (TPSA) is 51.2 Å². The number of rotatable bonds is 2. The van der Waals surface area contributed by atoms with Gasteiger partial charge in [-0.25, -0.2) is 9.18 Å². The van der Waals surface area contributed by atoms with E-state index in [1.54, 1.807) is 12.1 Å². The van der Waals surface area contributed by atoms with Crippen molar-refractivity contribution in [3.63, 3.8) is 0 Å². The third-order valence-electron chi connectivity index (χ3n) is 8.69. The molecule has 4 atom stereocenters. The molecule has 0 radical (unpaired) electrons. The highest BCUT2D eigenvalue weighted by molar-refractivity contribution is 5.68. The molecule has 0 aromatic heterocycles. The van der Waals surface area contributed by atoms with E-state index in [-0.39, 0.29) is 23.4 Å². The lowest BCUT2D eigenvalue weighted by Gasteiger charge is -2.41. The predicted octanol–water partition coefficient (Wildman–Crippen LogP) is 3.72. The summed E-state index contributed by atoms with van der Waals surface area (Å²) in [5.74, 6) is 1.25. The van der Waals surface area contributed by atoms with E-state index in [1.165, 1.54) is 12.5 Å². The zero-order valence-corrected chi connectivity index (χ0v) is 18.6. The van der Waals surface area contributed by atoms with Crippen LogP contribution in [-0.4, -0.2) is 73.5 Å². The van der Waals surface area contributed by atoms with Crippen LogP contribution in [0, 0.1) is 11.7 Å². The molecule has 1 spiro atoms. The first kappa shape index (κ1) is 20.7. The summed E-state index contributed by atoms with van der Waals surface area (Å²) in [4.78, 5) is 17.5. The highest BCUT2D eigenvalue weighted by Gasteiger charge is 2.48. The summed E-state index contributed by atoms with van der Waals surface area (Å²) < 4.78 is 30.9. The average molecular weight is 445 g/mol. The standard InChI is InChI=1S/C25H33FN2O4/c26-18-3-4-23-21(13-18)25(16-31-23)6-9-27(10-7-25)19-12-17-2-1-8-28(22(17)14-19)24(29)32-20-5-11-30-15-20/h3-4,13,17,19-20,22H,1-2,5-12,14-16H2/t17?,19?,20-,22?/m1/s1. The smallest absolute Gasteiger partial charge is 0.410 e. The molecule has 3 unspecified atom stereocenters. The second-order valence-electron chi connectivity index (χ2n) is 10.4. The summed E-state index contributed by atoms with van der Waals surface area (Å²) in [6.45, 7) is 4.71. The number of hydrogen-bond acceptors (Lipinski definition) is 5. The van der Waals surface area contributed by atoms with Crippen molar-refractivity contribution in [2.24, 2.45) is 5.92 Å². The maximum atomic E-state index is 13.9. The molecule has 1 aromatic rings. The lowest BCUT2D eigenvalue weighted by molar-refractivity contribution is 0.0286. The number of fused-ring (bicyclic) bond motifs is 3. The molecular weight excluding hydrogens is 411 g/mol. The Morgan fingerprint density at radius 2 is 2.03 bits per heavy atom. The molecular formula is C25H33FN2O4. The van der Waals surface area contributed by atoms with E-state index in [9.17, 15) is 9.18 Å². The average Bonchev–Trinajstić information content (AvgIpc) is 3.54. The molecule has 4 aliphatic heterocycles. The molecule has 4 fully saturated rings. The van der Waals surface area contributed by atoms with E-state index in [1.807, 2.05) is 4.90 Å². The van der Waals surface area contributed by atoms with Crippen LogP contribution in [0.15, 0.2) is 18.2 Å². The van der Waals surface area contributed by atoms with Crippen LogP contribution in [0.1, 0.15) is 50.5 Å². The second kappa shape index (κ2) is 8.17. The highest BCUT2D eigenvalue weighted by Crippen LogP contribution is 2.47. The molecule has 1 amide bonds. The summed E-state index contributed by atoms with van der Waals surface area (Å²) in [7, 11) is 0. The van der Waals surface area contributed by atoms with Gasteiger partial charge in [-0.2, -0.15) is 0 Å². The summed E-state index contributed by atoms with van der Waals surface area (Å²) in [6, 6.07) is 5.76. The molecule has 1 aromatic carbocycles. The molecule has 5 aliphatic rings. The predicted molar refractivity (Wildman–Crippen MR) is 116 cm³/mol.